The number of amides is 2. The van der Waals surface area contributed by atoms with Gasteiger partial charge in [0.1, 0.15) is 5.75 Å². The van der Waals surface area contributed by atoms with Gasteiger partial charge in [-0.2, -0.15) is 0 Å². The predicted molar refractivity (Wildman–Crippen MR) is 134 cm³/mol. The number of piperidine rings is 1. The summed E-state index contributed by atoms with van der Waals surface area (Å²) in [5.41, 5.74) is 4.74. The monoisotopic (exact) mass is 456 g/mol. The molecule has 34 heavy (non-hydrogen) atoms. The van der Waals surface area contributed by atoms with Crippen LogP contribution < -0.4 is 10.1 Å². The molecule has 0 saturated carbocycles. The van der Waals surface area contributed by atoms with Gasteiger partial charge in [0.05, 0.1) is 7.11 Å². The Morgan fingerprint density at radius 3 is 2.41 bits per heavy atom. The van der Waals surface area contributed by atoms with E-state index in [1.165, 1.54) is 5.56 Å². The number of ether oxygens (including phenoxy) is 1. The molecule has 1 fully saturated rings. The van der Waals surface area contributed by atoms with Crippen LogP contribution >= 0.6 is 0 Å². The van der Waals surface area contributed by atoms with E-state index in [9.17, 15) is 9.59 Å². The maximum Gasteiger partial charge on any atom is 0.253 e. The van der Waals surface area contributed by atoms with E-state index in [1.54, 1.807) is 7.11 Å². The maximum absolute atomic E-state index is 13.1. The van der Waals surface area contributed by atoms with Crippen LogP contribution in [-0.4, -0.2) is 36.9 Å². The van der Waals surface area contributed by atoms with Crippen molar-refractivity contribution in [1.29, 1.82) is 0 Å². The van der Waals surface area contributed by atoms with E-state index in [4.69, 9.17) is 4.74 Å². The average Bonchev–Trinajstić information content (AvgIpc) is 2.91. The van der Waals surface area contributed by atoms with E-state index in [0.29, 0.717) is 18.7 Å². The molecule has 5 nitrogen and oxygen atoms in total. The van der Waals surface area contributed by atoms with Crippen LogP contribution in [0, 0.1) is 0 Å². The lowest BCUT2D eigenvalue weighted by molar-refractivity contribution is 0.0706. The number of carbonyl (C=O) groups is 2. The van der Waals surface area contributed by atoms with Crippen LogP contribution in [0.2, 0.25) is 0 Å². The van der Waals surface area contributed by atoms with Crippen molar-refractivity contribution in [3.63, 3.8) is 0 Å². The summed E-state index contributed by atoms with van der Waals surface area (Å²) in [5.74, 6) is 1.00. The fourth-order valence-corrected chi connectivity index (χ4v) is 4.46. The van der Waals surface area contributed by atoms with Crippen LogP contribution in [0.3, 0.4) is 0 Å². The Morgan fingerprint density at radius 2 is 1.71 bits per heavy atom. The van der Waals surface area contributed by atoms with Crippen LogP contribution in [-0.2, 0) is 13.0 Å². The summed E-state index contributed by atoms with van der Waals surface area (Å²) in [4.78, 5) is 27.8. The van der Waals surface area contributed by atoms with E-state index in [0.717, 1.165) is 48.2 Å². The number of hydrogen-bond acceptors (Lipinski definition) is 3. The molecule has 1 heterocycles. The largest absolute Gasteiger partial charge is 0.497 e. The van der Waals surface area contributed by atoms with Crippen LogP contribution in [0.4, 0.5) is 0 Å². The van der Waals surface area contributed by atoms with Crippen LogP contribution in [0.1, 0.15) is 63.1 Å². The lowest BCUT2D eigenvalue weighted by atomic mass is 9.89. The standard InChI is InChI=1S/C29H32N2O3/c1-3-21-9-13-23(14-10-21)29(33)31-17-5-8-26(20-31)24-6-4-7-25(18-24)28(32)30-19-22-11-15-27(34-2)16-12-22/h4,6-7,9-16,18,26H,3,5,8,17,19-20H2,1-2H3,(H,30,32)/t26-/m0/s1. The van der Waals surface area contributed by atoms with Gasteiger partial charge in [0, 0.05) is 36.7 Å². The highest BCUT2D eigenvalue weighted by Gasteiger charge is 2.26. The van der Waals surface area contributed by atoms with Gasteiger partial charge in [-0.3, -0.25) is 9.59 Å². The number of hydrogen-bond donors (Lipinski definition) is 1. The minimum absolute atomic E-state index is 0.0840. The van der Waals surface area contributed by atoms with Gasteiger partial charge in [0.25, 0.3) is 11.8 Å². The van der Waals surface area contributed by atoms with Gasteiger partial charge in [0.15, 0.2) is 0 Å². The second kappa shape index (κ2) is 11.0. The van der Waals surface area contributed by atoms with E-state index in [-0.39, 0.29) is 17.7 Å². The third-order valence-electron chi connectivity index (χ3n) is 6.55. The number of aryl methyl sites for hydroxylation is 1. The predicted octanol–water partition coefficient (Wildman–Crippen LogP) is 5.21. The lowest BCUT2D eigenvalue weighted by Crippen LogP contribution is -2.39. The van der Waals surface area contributed by atoms with E-state index < -0.39 is 0 Å². The van der Waals surface area contributed by atoms with Gasteiger partial charge < -0.3 is 15.0 Å². The number of methoxy groups -OCH3 is 1. The molecule has 0 radical (unpaired) electrons. The summed E-state index contributed by atoms with van der Waals surface area (Å²) in [5, 5.41) is 3.00. The Kier molecular flexibility index (Phi) is 7.63. The Hall–Kier alpha value is -3.60. The molecule has 3 aromatic carbocycles. The first-order valence-electron chi connectivity index (χ1n) is 12.0. The van der Waals surface area contributed by atoms with Gasteiger partial charge in [-0.05, 0) is 72.4 Å². The summed E-state index contributed by atoms with van der Waals surface area (Å²) in [6.45, 7) is 4.01. The van der Waals surface area contributed by atoms with Crippen molar-refractivity contribution in [2.75, 3.05) is 20.2 Å². The van der Waals surface area contributed by atoms with Gasteiger partial charge in [-0.15, -0.1) is 0 Å². The van der Waals surface area contributed by atoms with Crippen molar-refractivity contribution < 1.29 is 14.3 Å². The lowest BCUT2D eigenvalue weighted by Gasteiger charge is -2.33. The number of nitrogens with one attached hydrogen (secondary N) is 1. The minimum atomic E-state index is -0.0996. The van der Waals surface area contributed by atoms with Crippen molar-refractivity contribution in [2.24, 2.45) is 0 Å². The fraction of sp³-hybridized carbons (Fsp3) is 0.310. The van der Waals surface area contributed by atoms with Crippen LogP contribution in [0.5, 0.6) is 5.75 Å². The molecule has 176 valence electrons. The summed E-state index contributed by atoms with van der Waals surface area (Å²) < 4.78 is 5.18. The van der Waals surface area contributed by atoms with Crippen molar-refractivity contribution in [2.45, 2.75) is 38.6 Å². The molecule has 0 spiro atoms. The molecule has 0 aliphatic carbocycles. The van der Waals surface area contributed by atoms with E-state index in [1.807, 2.05) is 71.6 Å². The zero-order valence-corrected chi connectivity index (χ0v) is 19.9. The third-order valence-corrected chi connectivity index (χ3v) is 6.55. The molecule has 1 aliphatic heterocycles. The molecule has 3 aromatic rings. The van der Waals surface area contributed by atoms with Crippen molar-refractivity contribution in [3.8, 4) is 5.75 Å². The first kappa shape index (κ1) is 23.6. The second-order valence-corrected chi connectivity index (χ2v) is 8.80. The molecular weight excluding hydrogens is 424 g/mol. The van der Waals surface area contributed by atoms with Crippen molar-refractivity contribution >= 4 is 11.8 Å². The minimum Gasteiger partial charge on any atom is -0.497 e. The highest BCUT2D eigenvalue weighted by Crippen LogP contribution is 2.28. The fourth-order valence-electron chi connectivity index (χ4n) is 4.46. The highest BCUT2D eigenvalue weighted by atomic mass is 16.5. The normalized spacial score (nSPS) is 15.6. The number of benzene rings is 3. The smallest absolute Gasteiger partial charge is 0.253 e. The zero-order valence-electron chi connectivity index (χ0n) is 19.9. The van der Waals surface area contributed by atoms with Crippen LogP contribution in [0.25, 0.3) is 0 Å². The first-order valence-corrected chi connectivity index (χ1v) is 12.0. The summed E-state index contributed by atoms with van der Waals surface area (Å²) in [6.07, 6.45) is 2.93. The van der Waals surface area contributed by atoms with Crippen molar-refractivity contribution in [3.05, 3.63) is 101 Å². The molecule has 1 aliphatic rings. The molecule has 0 bridgehead atoms. The van der Waals surface area contributed by atoms with Crippen LogP contribution in [0.15, 0.2) is 72.8 Å². The molecule has 1 N–H and O–H groups in total. The second-order valence-electron chi connectivity index (χ2n) is 8.80. The van der Waals surface area contributed by atoms with E-state index >= 15 is 0 Å². The summed E-state index contributed by atoms with van der Waals surface area (Å²) in [7, 11) is 1.63. The highest BCUT2D eigenvalue weighted by molar-refractivity contribution is 5.95. The number of carbonyl (C=O) groups excluding carboxylic acids is 2. The van der Waals surface area contributed by atoms with Gasteiger partial charge in [-0.1, -0.05) is 43.3 Å². The number of nitrogens with zero attached hydrogens (tertiary/aromatic N) is 1. The quantitative estimate of drug-likeness (QED) is 0.531. The molecule has 4 rings (SSSR count). The molecular formula is C29H32N2O3. The average molecular weight is 457 g/mol. The molecule has 0 unspecified atom stereocenters. The topological polar surface area (TPSA) is 58.6 Å². The molecule has 2 amide bonds. The molecule has 1 atom stereocenters. The van der Waals surface area contributed by atoms with Gasteiger partial charge >= 0.3 is 0 Å². The number of likely N-dealkylation sites (tertiary alicyclic amines) is 1. The zero-order chi connectivity index (χ0) is 23.9. The molecule has 5 heteroatoms. The van der Waals surface area contributed by atoms with E-state index in [2.05, 4.69) is 18.3 Å². The Morgan fingerprint density at radius 1 is 0.971 bits per heavy atom. The Bertz CT molecular complexity index is 1120. The van der Waals surface area contributed by atoms with Gasteiger partial charge in [-0.25, -0.2) is 0 Å². The molecule has 1 saturated heterocycles. The molecule has 0 aromatic heterocycles. The SMILES string of the molecule is CCc1ccc(C(=O)N2CCC[C@H](c3cccc(C(=O)NCc4ccc(OC)cc4)c3)C2)cc1. The van der Waals surface area contributed by atoms with Gasteiger partial charge in [0.2, 0.25) is 0 Å². The third kappa shape index (κ3) is 5.66. The maximum atomic E-state index is 13.1. The summed E-state index contributed by atoms with van der Waals surface area (Å²) >= 11 is 0. The number of rotatable bonds is 7. The first-order chi connectivity index (χ1) is 16.6. The summed E-state index contributed by atoms with van der Waals surface area (Å²) in [6, 6.07) is 23.4. The Balaban J connectivity index is 1.39. The van der Waals surface area contributed by atoms with Crippen molar-refractivity contribution in [1.82, 2.24) is 10.2 Å². The Labute approximate surface area is 201 Å².